The molecule has 0 saturated carbocycles. The molecule has 0 radical (unpaired) electrons. The van der Waals surface area contributed by atoms with Crippen molar-refractivity contribution in [2.45, 2.75) is 44.3 Å². The van der Waals surface area contributed by atoms with Crippen LogP contribution >= 0.6 is 0 Å². The van der Waals surface area contributed by atoms with E-state index >= 15 is 0 Å². The number of hydrogen-bond acceptors (Lipinski definition) is 2. The summed E-state index contributed by atoms with van der Waals surface area (Å²) in [6, 6.07) is 10.4. The maximum atomic E-state index is 9.77. The molecule has 2 rings (SSSR count). The van der Waals surface area contributed by atoms with Crippen LogP contribution in [0.4, 0.5) is 0 Å². The van der Waals surface area contributed by atoms with Gasteiger partial charge >= 0.3 is 0 Å². The maximum Gasteiger partial charge on any atom is 0.0744 e. The van der Waals surface area contributed by atoms with Crippen LogP contribution in [0.15, 0.2) is 30.3 Å². The van der Waals surface area contributed by atoms with Gasteiger partial charge in [0, 0.05) is 19.4 Å². The highest BCUT2D eigenvalue weighted by Gasteiger charge is 2.35. The molecule has 1 aliphatic rings. The normalized spacial score (nSPS) is 30.2. The third-order valence-corrected chi connectivity index (χ3v) is 3.48. The largest absolute Gasteiger partial charge is 0.393 e. The molecular weight excluding hydrogens is 200 g/mol. The van der Waals surface area contributed by atoms with Crippen LogP contribution in [0, 0.1) is 0 Å². The lowest BCUT2D eigenvalue weighted by Crippen LogP contribution is -2.43. The zero-order chi connectivity index (χ0) is 11.4. The minimum atomic E-state index is -0.197. The van der Waals surface area contributed by atoms with Gasteiger partial charge in [-0.15, -0.1) is 0 Å². The molecule has 1 saturated heterocycles. The fraction of sp³-hybridized carbons (Fsp3) is 0.571. The summed E-state index contributed by atoms with van der Waals surface area (Å²) in [4.78, 5) is 0. The molecule has 88 valence electrons. The zero-order valence-corrected chi connectivity index (χ0v) is 9.86. The van der Waals surface area contributed by atoms with Gasteiger partial charge in [-0.25, -0.2) is 0 Å². The van der Waals surface area contributed by atoms with Crippen LogP contribution in [-0.4, -0.2) is 23.4 Å². The van der Waals surface area contributed by atoms with Crippen molar-refractivity contribution in [1.82, 2.24) is 0 Å². The molecule has 1 aromatic carbocycles. The smallest absolute Gasteiger partial charge is 0.0744 e. The van der Waals surface area contributed by atoms with Crippen molar-refractivity contribution >= 4 is 0 Å². The van der Waals surface area contributed by atoms with Gasteiger partial charge in [-0.3, -0.25) is 0 Å². The molecule has 0 aliphatic carbocycles. The van der Waals surface area contributed by atoms with Gasteiger partial charge in [0.15, 0.2) is 0 Å². The quantitative estimate of drug-likeness (QED) is 0.848. The Morgan fingerprint density at radius 2 is 2.12 bits per heavy atom. The van der Waals surface area contributed by atoms with Gasteiger partial charge < -0.3 is 9.84 Å². The van der Waals surface area contributed by atoms with Crippen molar-refractivity contribution in [2.75, 3.05) is 6.61 Å². The van der Waals surface area contributed by atoms with Crippen LogP contribution < -0.4 is 0 Å². The molecule has 16 heavy (non-hydrogen) atoms. The van der Waals surface area contributed by atoms with Crippen LogP contribution in [0.5, 0.6) is 0 Å². The molecule has 0 spiro atoms. The molecule has 1 N–H and O–H groups in total. The standard InChI is InChI=1S/C14H20O2/c1-2-14(11-13(15)8-9-16-14)10-12-6-4-3-5-7-12/h3-7,13,15H,2,8-11H2,1H3. The highest BCUT2D eigenvalue weighted by Crippen LogP contribution is 2.31. The van der Waals surface area contributed by atoms with E-state index in [9.17, 15) is 5.11 Å². The van der Waals surface area contributed by atoms with E-state index in [4.69, 9.17) is 4.74 Å². The topological polar surface area (TPSA) is 29.5 Å². The van der Waals surface area contributed by atoms with E-state index in [0.717, 1.165) is 25.7 Å². The molecule has 2 heteroatoms. The van der Waals surface area contributed by atoms with Gasteiger partial charge in [-0.2, -0.15) is 0 Å². The number of aliphatic hydroxyl groups is 1. The molecule has 2 atom stereocenters. The minimum absolute atomic E-state index is 0.154. The van der Waals surface area contributed by atoms with Crippen molar-refractivity contribution < 1.29 is 9.84 Å². The third-order valence-electron chi connectivity index (χ3n) is 3.48. The van der Waals surface area contributed by atoms with Crippen LogP contribution in [0.3, 0.4) is 0 Å². The van der Waals surface area contributed by atoms with Crippen LogP contribution in [0.2, 0.25) is 0 Å². The van der Waals surface area contributed by atoms with Crippen LogP contribution in [0.25, 0.3) is 0 Å². The summed E-state index contributed by atoms with van der Waals surface area (Å²) in [5.41, 5.74) is 1.14. The molecule has 2 unspecified atom stereocenters. The third kappa shape index (κ3) is 2.63. The second-order valence-electron chi connectivity index (χ2n) is 4.69. The second-order valence-corrected chi connectivity index (χ2v) is 4.69. The predicted octanol–water partition coefficient (Wildman–Crippen LogP) is 2.55. The van der Waals surface area contributed by atoms with E-state index in [1.54, 1.807) is 0 Å². The Morgan fingerprint density at radius 3 is 2.75 bits per heavy atom. The SMILES string of the molecule is CCC1(Cc2ccccc2)CC(O)CCO1. The van der Waals surface area contributed by atoms with E-state index in [1.165, 1.54) is 5.56 Å². The zero-order valence-electron chi connectivity index (χ0n) is 9.86. The van der Waals surface area contributed by atoms with Crippen molar-refractivity contribution in [3.8, 4) is 0 Å². The van der Waals surface area contributed by atoms with Gasteiger partial charge in [0.25, 0.3) is 0 Å². The monoisotopic (exact) mass is 220 g/mol. The lowest BCUT2D eigenvalue weighted by Gasteiger charge is -2.39. The van der Waals surface area contributed by atoms with E-state index in [1.807, 2.05) is 6.07 Å². The Bertz CT molecular complexity index is 323. The first kappa shape index (κ1) is 11.6. The van der Waals surface area contributed by atoms with Crippen molar-refractivity contribution in [2.24, 2.45) is 0 Å². The number of rotatable bonds is 3. The van der Waals surface area contributed by atoms with E-state index in [2.05, 4.69) is 31.2 Å². The number of hydrogen-bond donors (Lipinski definition) is 1. The Labute approximate surface area is 97.3 Å². The second kappa shape index (κ2) is 4.98. The van der Waals surface area contributed by atoms with Crippen molar-refractivity contribution in [3.63, 3.8) is 0 Å². The van der Waals surface area contributed by atoms with E-state index < -0.39 is 0 Å². The first-order valence-corrected chi connectivity index (χ1v) is 6.10. The summed E-state index contributed by atoms with van der Waals surface area (Å²) >= 11 is 0. The summed E-state index contributed by atoms with van der Waals surface area (Å²) in [7, 11) is 0. The van der Waals surface area contributed by atoms with E-state index in [0.29, 0.717) is 6.61 Å². The Morgan fingerprint density at radius 1 is 1.38 bits per heavy atom. The fourth-order valence-corrected chi connectivity index (χ4v) is 2.46. The Balaban J connectivity index is 2.10. The van der Waals surface area contributed by atoms with Gasteiger partial charge in [-0.1, -0.05) is 37.3 Å². The lowest BCUT2D eigenvalue weighted by atomic mass is 9.84. The molecule has 0 bridgehead atoms. The molecule has 1 heterocycles. The summed E-state index contributed by atoms with van der Waals surface area (Å²) in [6.07, 6.45) is 3.20. The molecule has 2 nitrogen and oxygen atoms in total. The summed E-state index contributed by atoms with van der Waals surface area (Å²) < 4.78 is 5.93. The lowest BCUT2D eigenvalue weighted by molar-refractivity contribution is -0.119. The Hall–Kier alpha value is -0.860. The van der Waals surface area contributed by atoms with Gasteiger partial charge in [-0.05, 0) is 18.4 Å². The fourth-order valence-electron chi connectivity index (χ4n) is 2.46. The maximum absolute atomic E-state index is 9.77. The highest BCUT2D eigenvalue weighted by molar-refractivity contribution is 5.17. The van der Waals surface area contributed by atoms with Crippen molar-refractivity contribution in [3.05, 3.63) is 35.9 Å². The van der Waals surface area contributed by atoms with Crippen molar-refractivity contribution in [1.29, 1.82) is 0 Å². The molecule has 1 aromatic rings. The summed E-state index contributed by atoms with van der Waals surface area (Å²) in [5.74, 6) is 0. The number of ether oxygens (including phenoxy) is 1. The Kier molecular flexibility index (Phi) is 3.62. The molecule has 0 aromatic heterocycles. The van der Waals surface area contributed by atoms with E-state index in [-0.39, 0.29) is 11.7 Å². The van der Waals surface area contributed by atoms with Gasteiger partial charge in [0.1, 0.15) is 0 Å². The van der Waals surface area contributed by atoms with Gasteiger partial charge in [0.05, 0.1) is 11.7 Å². The predicted molar refractivity (Wildman–Crippen MR) is 64.4 cm³/mol. The highest BCUT2D eigenvalue weighted by atomic mass is 16.5. The van der Waals surface area contributed by atoms with Crippen LogP contribution in [-0.2, 0) is 11.2 Å². The molecule has 1 aliphatic heterocycles. The number of aliphatic hydroxyl groups excluding tert-OH is 1. The van der Waals surface area contributed by atoms with Gasteiger partial charge in [0.2, 0.25) is 0 Å². The molecular formula is C14H20O2. The first-order valence-electron chi connectivity index (χ1n) is 6.10. The number of benzene rings is 1. The molecule has 1 fully saturated rings. The average Bonchev–Trinajstić information content (AvgIpc) is 2.30. The summed E-state index contributed by atoms with van der Waals surface area (Å²) in [6.45, 7) is 2.82. The minimum Gasteiger partial charge on any atom is -0.393 e. The first-order chi connectivity index (χ1) is 7.74. The van der Waals surface area contributed by atoms with Crippen LogP contribution in [0.1, 0.15) is 31.7 Å². The molecule has 0 amide bonds. The average molecular weight is 220 g/mol. The summed E-state index contributed by atoms with van der Waals surface area (Å²) in [5, 5.41) is 9.77.